The molecular weight excluding hydrogens is 272 g/mol. The van der Waals surface area contributed by atoms with Crippen LogP contribution in [-0.4, -0.2) is 52.0 Å². The van der Waals surface area contributed by atoms with Crippen LogP contribution in [0.15, 0.2) is 12.4 Å². The van der Waals surface area contributed by atoms with Gasteiger partial charge in [0.15, 0.2) is 5.60 Å². The number of hydrogen-bond acceptors (Lipinski definition) is 5. The first-order valence-electron chi connectivity index (χ1n) is 6.88. The second-order valence-electron chi connectivity index (χ2n) is 5.65. The molecule has 0 unspecified atom stereocenters. The highest BCUT2D eigenvalue weighted by Gasteiger charge is 2.39. The maximum Gasteiger partial charge on any atom is 0.257 e. The highest BCUT2D eigenvalue weighted by atomic mass is 16.5. The van der Waals surface area contributed by atoms with Crippen molar-refractivity contribution in [3.05, 3.63) is 23.8 Å². The summed E-state index contributed by atoms with van der Waals surface area (Å²) in [6, 6.07) is 0. The Bertz CT molecular complexity index is 544. The second kappa shape index (κ2) is 5.77. The van der Waals surface area contributed by atoms with Crippen LogP contribution in [0.3, 0.4) is 0 Å². The van der Waals surface area contributed by atoms with Gasteiger partial charge in [-0.3, -0.25) is 9.59 Å². The molecule has 7 heteroatoms. The molecule has 2 N–H and O–H groups in total. The number of rotatable bonds is 3. The first-order chi connectivity index (χ1) is 9.83. The fourth-order valence-electron chi connectivity index (χ4n) is 2.12. The Morgan fingerprint density at radius 3 is 2.52 bits per heavy atom. The number of ether oxygens (including phenoxy) is 1. The molecule has 2 heterocycles. The molecule has 0 aromatic carbocycles. The molecule has 0 bridgehead atoms. The van der Waals surface area contributed by atoms with E-state index in [4.69, 9.17) is 10.5 Å². The van der Waals surface area contributed by atoms with Crippen molar-refractivity contribution in [1.29, 1.82) is 0 Å². The van der Waals surface area contributed by atoms with Gasteiger partial charge in [0.2, 0.25) is 0 Å². The van der Waals surface area contributed by atoms with Crippen LogP contribution in [0, 0.1) is 0 Å². The Balaban J connectivity index is 2.14. The van der Waals surface area contributed by atoms with Gasteiger partial charge in [-0.2, -0.15) is 0 Å². The fourth-order valence-corrected chi connectivity index (χ4v) is 2.12. The van der Waals surface area contributed by atoms with Gasteiger partial charge < -0.3 is 15.4 Å². The monoisotopic (exact) mass is 292 g/mol. The van der Waals surface area contributed by atoms with E-state index in [0.717, 1.165) is 0 Å². The summed E-state index contributed by atoms with van der Waals surface area (Å²) in [5.74, 6) is 0.0960. The average molecular weight is 292 g/mol. The van der Waals surface area contributed by atoms with Crippen LogP contribution >= 0.6 is 0 Å². The van der Waals surface area contributed by atoms with E-state index < -0.39 is 11.5 Å². The molecule has 0 radical (unpaired) electrons. The van der Waals surface area contributed by atoms with Crippen molar-refractivity contribution in [2.75, 3.05) is 19.7 Å². The zero-order valence-corrected chi connectivity index (χ0v) is 12.5. The van der Waals surface area contributed by atoms with Crippen LogP contribution in [0.2, 0.25) is 0 Å². The smallest absolute Gasteiger partial charge is 0.257 e. The number of nitrogens with zero attached hydrogens (tertiary/aromatic N) is 3. The third-order valence-corrected chi connectivity index (χ3v) is 3.52. The normalized spacial score (nSPS) is 22.4. The summed E-state index contributed by atoms with van der Waals surface area (Å²) in [6.07, 6.45) is 3.03. The Morgan fingerprint density at radius 2 is 2.00 bits per heavy atom. The van der Waals surface area contributed by atoms with Gasteiger partial charge in [-0.05, 0) is 6.92 Å². The van der Waals surface area contributed by atoms with Crippen molar-refractivity contribution in [1.82, 2.24) is 14.9 Å². The summed E-state index contributed by atoms with van der Waals surface area (Å²) >= 11 is 0. The van der Waals surface area contributed by atoms with Gasteiger partial charge in [-0.15, -0.1) is 0 Å². The van der Waals surface area contributed by atoms with Crippen molar-refractivity contribution in [3.8, 4) is 0 Å². The predicted molar refractivity (Wildman–Crippen MR) is 75.6 cm³/mol. The number of nitrogens with two attached hydrogens (primary N) is 1. The van der Waals surface area contributed by atoms with Gasteiger partial charge in [0.1, 0.15) is 5.82 Å². The van der Waals surface area contributed by atoms with E-state index in [1.54, 1.807) is 11.8 Å². The third kappa shape index (κ3) is 3.18. The highest BCUT2D eigenvalue weighted by Crippen LogP contribution is 2.19. The molecule has 1 saturated heterocycles. The minimum atomic E-state index is -1.15. The van der Waals surface area contributed by atoms with E-state index >= 15 is 0 Å². The summed E-state index contributed by atoms with van der Waals surface area (Å²) in [5.41, 5.74) is 4.58. The summed E-state index contributed by atoms with van der Waals surface area (Å²) in [4.78, 5) is 33.8. The zero-order chi connectivity index (χ0) is 15.6. The first-order valence-corrected chi connectivity index (χ1v) is 6.88. The van der Waals surface area contributed by atoms with Crippen molar-refractivity contribution in [2.45, 2.75) is 32.3 Å². The van der Waals surface area contributed by atoms with E-state index in [1.807, 2.05) is 13.8 Å². The molecular formula is C14H20N4O3. The van der Waals surface area contributed by atoms with Crippen LogP contribution < -0.4 is 5.73 Å². The van der Waals surface area contributed by atoms with Crippen LogP contribution in [0.4, 0.5) is 0 Å². The summed E-state index contributed by atoms with van der Waals surface area (Å²) in [5, 5.41) is 0. The average Bonchev–Trinajstić information content (AvgIpc) is 2.46. The summed E-state index contributed by atoms with van der Waals surface area (Å²) < 4.78 is 5.39. The Kier molecular flexibility index (Phi) is 4.22. The molecule has 2 amide bonds. The molecule has 1 aliphatic rings. The largest absolute Gasteiger partial charge is 0.367 e. The van der Waals surface area contributed by atoms with Crippen LogP contribution in [0.1, 0.15) is 42.9 Å². The molecule has 1 aromatic rings. The number of carbonyl (C=O) groups is 2. The minimum Gasteiger partial charge on any atom is -0.367 e. The van der Waals surface area contributed by atoms with Gasteiger partial charge in [0.25, 0.3) is 11.8 Å². The van der Waals surface area contributed by atoms with E-state index in [-0.39, 0.29) is 25.0 Å². The second-order valence-corrected chi connectivity index (χ2v) is 5.65. The lowest BCUT2D eigenvalue weighted by Gasteiger charge is -2.38. The molecule has 7 nitrogen and oxygen atoms in total. The highest BCUT2D eigenvalue weighted by molar-refractivity contribution is 5.94. The Morgan fingerprint density at radius 1 is 1.38 bits per heavy atom. The molecule has 21 heavy (non-hydrogen) atoms. The maximum atomic E-state index is 12.4. The topological polar surface area (TPSA) is 98.4 Å². The maximum absolute atomic E-state index is 12.4. The predicted octanol–water partition coefficient (Wildman–Crippen LogP) is 0.316. The van der Waals surface area contributed by atoms with Crippen molar-refractivity contribution in [3.63, 3.8) is 0 Å². The zero-order valence-electron chi connectivity index (χ0n) is 12.5. The molecule has 1 aliphatic heterocycles. The van der Waals surface area contributed by atoms with Crippen molar-refractivity contribution >= 4 is 11.8 Å². The van der Waals surface area contributed by atoms with E-state index in [2.05, 4.69) is 9.97 Å². The van der Waals surface area contributed by atoms with Crippen LogP contribution in [0.5, 0.6) is 0 Å². The number of amides is 2. The van der Waals surface area contributed by atoms with E-state index in [0.29, 0.717) is 17.9 Å². The lowest BCUT2D eigenvalue weighted by molar-refractivity contribution is -0.150. The molecule has 114 valence electrons. The van der Waals surface area contributed by atoms with Gasteiger partial charge in [0, 0.05) is 24.9 Å². The third-order valence-electron chi connectivity index (χ3n) is 3.52. The fraction of sp³-hybridized carbons (Fsp3) is 0.571. The van der Waals surface area contributed by atoms with Crippen molar-refractivity contribution < 1.29 is 14.3 Å². The molecule has 2 rings (SSSR count). The molecule has 0 saturated carbocycles. The lowest BCUT2D eigenvalue weighted by atomic mass is 10.0. The summed E-state index contributed by atoms with van der Waals surface area (Å²) in [6.45, 7) is 6.37. The van der Waals surface area contributed by atoms with Crippen molar-refractivity contribution in [2.24, 2.45) is 5.73 Å². The molecule has 1 aromatic heterocycles. The van der Waals surface area contributed by atoms with Crippen LogP contribution in [0.25, 0.3) is 0 Å². The molecule has 1 fully saturated rings. The molecule has 1 atom stereocenters. The number of hydrogen-bond donors (Lipinski definition) is 1. The quantitative estimate of drug-likeness (QED) is 0.865. The number of primary amides is 1. The van der Waals surface area contributed by atoms with E-state index in [1.165, 1.54) is 12.4 Å². The summed E-state index contributed by atoms with van der Waals surface area (Å²) in [7, 11) is 0. The standard InChI is InChI=1S/C14H20N4O3/c1-9(2)11-16-6-10(7-17-11)12(19)18-4-5-21-14(3,8-18)13(15)20/h6-7,9H,4-5,8H2,1-3H3,(H2,15,20)/t14-/m0/s1. The minimum absolute atomic E-state index is 0.132. The molecule has 0 spiro atoms. The number of aromatic nitrogens is 2. The van der Waals surface area contributed by atoms with E-state index in [9.17, 15) is 9.59 Å². The lowest BCUT2D eigenvalue weighted by Crippen LogP contribution is -2.58. The first kappa shape index (κ1) is 15.4. The number of morpholine rings is 1. The Labute approximate surface area is 123 Å². The Hall–Kier alpha value is -2.02. The van der Waals surface area contributed by atoms with Gasteiger partial charge in [0.05, 0.1) is 18.7 Å². The van der Waals surface area contributed by atoms with Gasteiger partial charge >= 0.3 is 0 Å². The van der Waals surface area contributed by atoms with Gasteiger partial charge in [-0.25, -0.2) is 9.97 Å². The molecule has 0 aliphatic carbocycles. The van der Waals surface area contributed by atoms with Gasteiger partial charge in [-0.1, -0.05) is 13.8 Å². The SMILES string of the molecule is CC(C)c1ncc(C(=O)N2CCO[C@](C)(C(N)=O)C2)cn1. The van der Waals surface area contributed by atoms with Crippen LogP contribution in [-0.2, 0) is 9.53 Å². The number of carbonyl (C=O) groups excluding carboxylic acids is 2.